The molecule has 0 saturated carbocycles. The number of hydrogen-bond acceptors (Lipinski definition) is 10. The zero-order valence-electron chi connectivity index (χ0n) is 22.0. The Morgan fingerprint density at radius 2 is 2.10 bits per heavy atom. The predicted octanol–water partition coefficient (Wildman–Crippen LogP) is 4.41. The van der Waals surface area contributed by atoms with E-state index in [1.165, 1.54) is 18.4 Å². The number of benzene rings is 2. The smallest absolute Gasteiger partial charge is 0.296 e. The summed E-state index contributed by atoms with van der Waals surface area (Å²) < 4.78 is 52.3. The van der Waals surface area contributed by atoms with Crippen molar-refractivity contribution >= 4 is 44.1 Å². The lowest BCUT2D eigenvalue weighted by atomic mass is 10.0. The Balaban J connectivity index is 1.46. The number of rotatable bonds is 9. The van der Waals surface area contributed by atoms with Gasteiger partial charge in [-0.25, -0.2) is 13.4 Å². The number of amides is 1. The normalized spacial score (nSPS) is 12.6. The Hall–Kier alpha value is -4.28. The van der Waals surface area contributed by atoms with Crippen LogP contribution in [0.25, 0.3) is 11.0 Å². The van der Waals surface area contributed by atoms with Crippen molar-refractivity contribution in [1.29, 1.82) is 0 Å². The van der Waals surface area contributed by atoms with Crippen LogP contribution in [-0.4, -0.2) is 38.2 Å². The third kappa shape index (κ3) is 5.54. The van der Waals surface area contributed by atoms with E-state index in [9.17, 15) is 13.2 Å². The number of hydrogen-bond donors (Lipinski definition) is 2. The third-order valence-corrected chi connectivity index (χ3v) is 8.28. The highest BCUT2D eigenvalue weighted by molar-refractivity contribution is 7.92. The fourth-order valence-electron chi connectivity index (χ4n) is 4.24. The lowest BCUT2D eigenvalue weighted by molar-refractivity contribution is -0.115. The van der Waals surface area contributed by atoms with Gasteiger partial charge in [-0.2, -0.15) is 0 Å². The molecule has 1 amide bonds. The zero-order chi connectivity index (χ0) is 28.3. The SMILES string of the molecule is CC#CC(=O)NCc1csc(Oc2cc3onc(NS(=O)(=O)c4cc(CC)ccc4OC)c3c3c2CCCO3)n1. The maximum atomic E-state index is 13.4. The number of fused-ring (bicyclic) bond motifs is 3. The average Bonchev–Trinajstić information content (AvgIpc) is 3.58. The van der Waals surface area contributed by atoms with E-state index >= 15 is 0 Å². The number of aromatic nitrogens is 2. The number of ether oxygens (including phenoxy) is 3. The van der Waals surface area contributed by atoms with Crippen LogP contribution in [0, 0.1) is 11.8 Å². The van der Waals surface area contributed by atoms with Crippen LogP contribution < -0.4 is 24.2 Å². The fraction of sp³-hybridized carbons (Fsp3) is 0.296. The summed E-state index contributed by atoms with van der Waals surface area (Å²) in [6, 6.07) is 6.66. The highest BCUT2D eigenvalue weighted by Gasteiger charge is 2.29. The second-order valence-electron chi connectivity index (χ2n) is 8.75. The quantitative estimate of drug-likeness (QED) is 0.274. The van der Waals surface area contributed by atoms with E-state index in [-0.39, 0.29) is 34.5 Å². The van der Waals surface area contributed by atoms with Crippen LogP contribution >= 0.6 is 11.3 Å². The van der Waals surface area contributed by atoms with Crippen LogP contribution in [0.15, 0.2) is 39.1 Å². The molecule has 1 aliphatic heterocycles. The molecular weight excluding hydrogens is 556 g/mol. The molecule has 0 bridgehead atoms. The van der Waals surface area contributed by atoms with Gasteiger partial charge in [0.2, 0.25) is 0 Å². The number of methoxy groups -OCH3 is 1. The van der Waals surface area contributed by atoms with E-state index < -0.39 is 10.0 Å². The highest BCUT2D eigenvalue weighted by atomic mass is 32.2. The van der Waals surface area contributed by atoms with Gasteiger partial charge in [0.25, 0.3) is 21.1 Å². The van der Waals surface area contributed by atoms with Crippen LogP contribution in [0.4, 0.5) is 5.82 Å². The van der Waals surface area contributed by atoms with Crippen molar-refractivity contribution < 1.29 is 31.9 Å². The molecule has 5 rings (SSSR count). The number of nitrogens with zero attached hydrogens (tertiary/aromatic N) is 2. The topological polar surface area (TPSA) is 142 Å². The monoisotopic (exact) mass is 582 g/mol. The van der Waals surface area contributed by atoms with E-state index in [0.717, 1.165) is 17.5 Å². The van der Waals surface area contributed by atoms with Crippen molar-refractivity contribution in [1.82, 2.24) is 15.5 Å². The highest BCUT2D eigenvalue weighted by Crippen LogP contribution is 2.45. The minimum atomic E-state index is -4.08. The first-order chi connectivity index (χ1) is 19.3. The largest absolute Gasteiger partial charge is 0.495 e. The van der Waals surface area contributed by atoms with Crippen LogP contribution in [0.1, 0.15) is 37.1 Å². The molecule has 2 N–H and O–H groups in total. The van der Waals surface area contributed by atoms with Crippen LogP contribution in [-0.2, 0) is 34.2 Å². The van der Waals surface area contributed by atoms with Crippen LogP contribution in [0.3, 0.4) is 0 Å². The average molecular weight is 583 g/mol. The van der Waals surface area contributed by atoms with Crippen molar-refractivity contribution in [3.8, 4) is 34.3 Å². The van der Waals surface area contributed by atoms with E-state index in [4.69, 9.17) is 18.7 Å². The van der Waals surface area contributed by atoms with Gasteiger partial charge in [0.1, 0.15) is 27.5 Å². The van der Waals surface area contributed by atoms with Gasteiger partial charge in [-0.15, -0.1) is 0 Å². The van der Waals surface area contributed by atoms with Gasteiger partial charge in [-0.1, -0.05) is 35.4 Å². The molecule has 1 aliphatic rings. The first-order valence-corrected chi connectivity index (χ1v) is 14.8. The number of nitrogens with one attached hydrogen (secondary N) is 2. The maximum absolute atomic E-state index is 13.4. The Labute approximate surface area is 234 Å². The van der Waals surface area contributed by atoms with Crippen molar-refractivity contribution in [2.75, 3.05) is 18.4 Å². The predicted molar refractivity (Wildman–Crippen MR) is 148 cm³/mol. The molecule has 11 nitrogen and oxygen atoms in total. The van der Waals surface area contributed by atoms with Gasteiger partial charge < -0.3 is 24.1 Å². The van der Waals surface area contributed by atoms with Gasteiger partial charge in [-0.3, -0.25) is 9.52 Å². The Morgan fingerprint density at radius 3 is 2.88 bits per heavy atom. The van der Waals surface area contributed by atoms with E-state index in [2.05, 4.69) is 32.0 Å². The molecule has 0 atom stereocenters. The van der Waals surface area contributed by atoms with Crippen molar-refractivity contribution in [3.05, 3.63) is 46.5 Å². The molecule has 40 heavy (non-hydrogen) atoms. The van der Waals surface area contributed by atoms with Gasteiger partial charge in [0.05, 0.1) is 26.0 Å². The molecule has 208 valence electrons. The van der Waals surface area contributed by atoms with Crippen molar-refractivity contribution in [2.45, 2.75) is 44.6 Å². The molecule has 0 unspecified atom stereocenters. The second-order valence-corrected chi connectivity index (χ2v) is 11.2. The van der Waals surface area contributed by atoms with Gasteiger partial charge in [-0.05, 0) is 49.8 Å². The zero-order valence-corrected chi connectivity index (χ0v) is 23.6. The van der Waals surface area contributed by atoms with Crippen LogP contribution in [0.5, 0.6) is 22.4 Å². The first-order valence-electron chi connectivity index (χ1n) is 12.4. The molecule has 0 radical (unpaired) electrons. The molecule has 2 aromatic heterocycles. The number of sulfonamides is 1. The van der Waals surface area contributed by atoms with E-state index in [1.807, 2.05) is 13.0 Å². The summed E-state index contributed by atoms with van der Waals surface area (Å²) in [5, 5.41) is 9.22. The minimum Gasteiger partial charge on any atom is -0.495 e. The summed E-state index contributed by atoms with van der Waals surface area (Å²) in [6.45, 7) is 4.18. The molecule has 4 aromatic rings. The van der Waals surface area contributed by atoms with Gasteiger partial charge >= 0.3 is 0 Å². The van der Waals surface area contributed by atoms with Crippen molar-refractivity contribution in [3.63, 3.8) is 0 Å². The molecule has 0 aliphatic carbocycles. The lowest BCUT2D eigenvalue weighted by Crippen LogP contribution is -2.20. The Morgan fingerprint density at radius 1 is 1.25 bits per heavy atom. The summed E-state index contributed by atoms with van der Waals surface area (Å²) in [5.41, 5.74) is 2.49. The molecule has 0 fully saturated rings. The second kappa shape index (κ2) is 11.4. The summed E-state index contributed by atoms with van der Waals surface area (Å²) in [4.78, 5) is 16.0. The van der Waals surface area contributed by atoms with Gasteiger partial charge in [0, 0.05) is 17.0 Å². The number of carbonyl (C=O) groups is 1. The summed E-state index contributed by atoms with van der Waals surface area (Å²) >= 11 is 1.27. The minimum absolute atomic E-state index is 0.00209. The summed E-state index contributed by atoms with van der Waals surface area (Å²) in [5.74, 6) is 5.70. The van der Waals surface area contributed by atoms with Gasteiger partial charge in [0.15, 0.2) is 11.4 Å². The molecule has 3 heterocycles. The molecule has 0 saturated heterocycles. The lowest BCUT2D eigenvalue weighted by Gasteiger charge is -2.20. The number of thiazole rings is 1. The first kappa shape index (κ1) is 27.3. The summed E-state index contributed by atoms with van der Waals surface area (Å²) in [7, 11) is -2.66. The number of carbonyl (C=O) groups excluding carboxylic acids is 1. The van der Waals surface area contributed by atoms with E-state index in [0.29, 0.717) is 47.2 Å². The Bertz CT molecular complexity index is 1750. The third-order valence-electron chi connectivity index (χ3n) is 6.15. The molecule has 0 spiro atoms. The molecular formula is C27H26N4O7S2. The number of anilines is 1. The molecule has 2 aromatic carbocycles. The standard InChI is InChI=1S/C27H26N4O7S2/c1-4-7-23(32)28-14-17-15-39-27(29-17)37-20-13-21-24(25-18(20)8-6-11-36-25)26(30-38-21)31-40(33,34)22-12-16(5-2)9-10-19(22)35-3/h9-10,12-13,15H,5-6,8,11,14H2,1-3H3,(H,28,32)(H,30,31). The summed E-state index contributed by atoms with van der Waals surface area (Å²) in [6.07, 6.45) is 2.04. The Kier molecular flexibility index (Phi) is 7.81. The maximum Gasteiger partial charge on any atom is 0.296 e. The van der Waals surface area contributed by atoms with Crippen molar-refractivity contribution in [2.24, 2.45) is 0 Å². The molecule has 13 heteroatoms. The number of aryl methyl sites for hydroxylation is 1. The van der Waals surface area contributed by atoms with Crippen LogP contribution in [0.2, 0.25) is 0 Å². The van der Waals surface area contributed by atoms with E-state index in [1.54, 1.807) is 30.5 Å². The fourth-order valence-corrected chi connectivity index (χ4v) is 6.15.